The third-order valence-electron chi connectivity index (χ3n) is 1.38. The summed E-state index contributed by atoms with van der Waals surface area (Å²) in [4.78, 5) is 3.63. The average molecular weight is 185 g/mol. The summed E-state index contributed by atoms with van der Waals surface area (Å²) >= 11 is 0. The molecular weight excluding hydrogens is 176 g/mol. The van der Waals surface area contributed by atoms with E-state index in [2.05, 4.69) is 4.98 Å². The number of hydrogen-bond acceptors (Lipinski definition) is 3. The number of nitrogens with two attached hydrogens (primary N) is 1. The van der Waals surface area contributed by atoms with Crippen LogP contribution in [0, 0.1) is 6.42 Å². The average Bonchev–Trinajstić information content (AvgIpc) is 2.03. The minimum atomic E-state index is -3.67. The zero-order valence-corrected chi connectivity index (χ0v) is 7.38. The van der Waals surface area contributed by atoms with Crippen LogP contribution < -0.4 is 5.14 Å². The van der Waals surface area contributed by atoms with Crippen molar-refractivity contribution in [2.45, 2.75) is 11.9 Å². The molecule has 0 fully saturated rings. The first-order chi connectivity index (χ1) is 5.54. The van der Waals surface area contributed by atoms with Gasteiger partial charge in [0.25, 0.3) is 10.0 Å². The second kappa shape index (κ2) is 3.20. The van der Waals surface area contributed by atoms with Crippen molar-refractivity contribution in [2.24, 2.45) is 5.14 Å². The summed E-state index contributed by atoms with van der Waals surface area (Å²) in [5.41, 5.74) is 0.786. The molecule has 0 aliphatic heterocycles. The van der Waals surface area contributed by atoms with Gasteiger partial charge in [0.05, 0.1) is 0 Å². The zero-order chi connectivity index (χ0) is 9.19. The molecule has 1 aromatic rings. The number of pyridine rings is 1. The van der Waals surface area contributed by atoms with Crippen molar-refractivity contribution in [2.75, 3.05) is 0 Å². The molecule has 1 aromatic heterocycles. The molecule has 1 rings (SSSR count). The summed E-state index contributed by atoms with van der Waals surface area (Å²) in [5.74, 6) is 0. The molecule has 0 aliphatic rings. The van der Waals surface area contributed by atoms with E-state index in [1.165, 1.54) is 12.3 Å². The van der Waals surface area contributed by atoms with Crippen LogP contribution >= 0.6 is 0 Å². The predicted octanol–water partition coefficient (Wildman–Crippen LogP) is 0.301. The molecule has 1 heterocycles. The van der Waals surface area contributed by atoms with Gasteiger partial charge in [0.15, 0.2) is 5.03 Å². The number of nitrogens with zero attached hydrogens (tertiary/aromatic N) is 1. The molecule has 0 aromatic carbocycles. The van der Waals surface area contributed by atoms with E-state index in [9.17, 15) is 8.42 Å². The normalized spacial score (nSPS) is 11.5. The van der Waals surface area contributed by atoms with E-state index in [-0.39, 0.29) is 5.03 Å². The van der Waals surface area contributed by atoms with Crippen LogP contribution in [-0.4, -0.2) is 13.4 Å². The van der Waals surface area contributed by atoms with Crippen molar-refractivity contribution >= 4 is 10.0 Å². The largest absolute Gasteiger partial charge is 0.255 e. The highest BCUT2D eigenvalue weighted by molar-refractivity contribution is 7.89. The highest BCUT2D eigenvalue weighted by atomic mass is 32.2. The van der Waals surface area contributed by atoms with Crippen molar-refractivity contribution in [3.63, 3.8) is 0 Å². The van der Waals surface area contributed by atoms with Gasteiger partial charge in [0.2, 0.25) is 0 Å². The Morgan fingerprint density at radius 1 is 1.58 bits per heavy atom. The first-order valence-electron chi connectivity index (χ1n) is 3.32. The third-order valence-corrected chi connectivity index (χ3v) is 2.19. The van der Waals surface area contributed by atoms with Gasteiger partial charge in [-0.3, -0.25) is 0 Å². The molecular formula is C7H9N2O2S. The molecule has 0 aliphatic carbocycles. The van der Waals surface area contributed by atoms with E-state index in [4.69, 9.17) is 5.14 Å². The first kappa shape index (κ1) is 9.15. The van der Waals surface area contributed by atoms with Gasteiger partial charge in [-0.15, -0.1) is 0 Å². The molecule has 4 nitrogen and oxygen atoms in total. The molecule has 2 N–H and O–H groups in total. The second-order valence-corrected chi connectivity index (χ2v) is 3.77. The highest BCUT2D eigenvalue weighted by Crippen LogP contribution is 2.07. The Balaban J connectivity index is 3.20. The number of primary sulfonamides is 1. The molecule has 0 spiro atoms. The maximum Gasteiger partial charge on any atom is 0.255 e. The van der Waals surface area contributed by atoms with Crippen LogP contribution in [0.4, 0.5) is 0 Å². The van der Waals surface area contributed by atoms with Crippen LogP contribution in [0.5, 0.6) is 0 Å². The van der Waals surface area contributed by atoms with E-state index < -0.39 is 10.0 Å². The summed E-state index contributed by atoms with van der Waals surface area (Å²) in [6, 6.07) is 3.13. The van der Waals surface area contributed by atoms with E-state index in [1.54, 1.807) is 12.5 Å². The number of sulfonamides is 1. The quantitative estimate of drug-likeness (QED) is 0.720. The standard InChI is InChI=1S/C7H9N2O2S/c1-2-6-3-4-9-7(5-6)12(8,10)11/h2-5H,1H3,(H2,8,10,11). The molecule has 0 saturated carbocycles. The summed E-state index contributed by atoms with van der Waals surface area (Å²) in [5, 5.41) is 4.78. The van der Waals surface area contributed by atoms with Crippen LogP contribution in [0.3, 0.4) is 0 Å². The minimum Gasteiger partial charge on any atom is -0.243 e. The molecule has 0 bridgehead atoms. The van der Waals surface area contributed by atoms with Gasteiger partial charge < -0.3 is 0 Å². The van der Waals surface area contributed by atoms with Crippen molar-refractivity contribution < 1.29 is 8.42 Å². The highest BCUT2D eigenvalue weighted by Gasteiger charge is 2.08. The molecule has 0 unspecified atom stereocenters. The Hall–Kier alpha value is -0.940. The van der Waals surface area contributed by atoms with Crippen LogP contribution in [0.1, 0.15) is 12.5 Å². The van der Waals surface area contributed by atoms with E-state index in [0.717, 1.165) is 5.56 Å². The summed E-state index contributed by atoms with van der Waals surface area (Å²) < 4.78 is 21.6. The van der Waals surface area contributed by atoms with Crippen molar-refractivity contribution in [1.82, 2.24) is 4.98 Å². The number of hydrogen-bond donors (Lipinski definition) is 1. The number of rotatable bonds is 2. The van der Waals surface area contributed by atoms with Crippen molar-refractivity contribution in [3.05, 3.63) is 30.3 Å². The van der Waals surface area contributed by atoms with E-state index in [1.807, 2.05) is 6.92 Å². The topological polar surface area (TPSA) is 73.0 Å². The maximum atomic E-state index is 10.8. The van der Waals surface area contributed by atoms with Crippen molar-refractivity contribution in [1.29, 1.82) is 0 Å². The molecule has 0 saturated heterocycles. The van der Waals surface area contributed by atoms with Gasteiger partial charge in [0.1, 0.15) is 0 Å². The molecule has 0 atom stereocenters. The Labute approximate surface area is 71.5 Å². The lowest BCUT2D eigenvalue weighted by atomic mass is 10.2. The lowest BCUT2D eigenvalue weighted by Gasteiger charge is -1.98. The summed E-state index contributed by atoms with van der Waals surface area (Å²) in [7, 11) is -3.67. The second-order valence-electron chi connectivity index (χ2n) is 2.26. The fourth-order valence-corrected chi connectivity index (χ4v) is 1.27. The monoisotopic (exact) mass is 185 g/mol. The van der Waals surface area contributed by atoms with Crippen LogP contribution in [0.2, 0.25) is 0 Å². The molecule has 1 radical (unpaired) electrons. The minimum absolute atomic E-state index is 0.0990. The fraction of sp³-hybridized carbons (Fsp3) is 0.143. The van der Waals surface area contributed by atoms with Gasteiger partial charge in [-0.05, 0) is 24.1 Å². The Bertz CT molecular complexity index is 373. The van der Waals surface area contributed by atoms with Gasteiger partial charge in [-0.1, -0.05) is 6.92 Å². The number of aromatic nitrogens is 1. The van der Waals surface area contributed by atoms with Gasteiger partial charge in [0, 0.05) is 6.20 Å². The SMILES string of the molecule is C[CH]c1ccnc(S(N)(=O)=O)c1. The Kier molecular flexibility index (Phi) is 2.44. The first-order valence-corrected chi connectivity index (χ1v) is 4.87. The summed E-state index contributed by atoms with van der Waals surface area (Å²) in [6.45, 7) is 1.81. The molecule has 65 valence electrons. The van der Waals surface area contributed by atoms with Gasteiger partial charge in [-0.25, -0.2) is 18.5 Å². The fourth-order valence-electron chi connectivity index (χ4n) is 0.760. The Morgan fingerprint density at radius 3 is 2.75 bits per heavy atom. The zero-order valence-electron chi connectivity index (χ0n) is 6.56. The molecule has 5 heteroatoms. The van der Waals surface area contributed by atoms with Crippen LogP contribution in [-0.2, 0) is 10.0 Å². The third kappa shape index (κ3) is 2.02. The van der Waals surface area contributed by atoms with E-state index >= 15 is 0 Å². The predicted molar refractivity (Wildman–Crippen MR) is 44.7 cm³/mol. The maximum absolute atomic E-state index is 10.8. The lowest BCUT2D eigenvalue weighted by Crippen LogP contribution is -2.13. The smallest absolute Gasteiger partial charge is 0.243 e. The van der Waals surface area contributed by atoms with Crippen molar-refractivity contribution in [3.8, 4) is 0 Å². The van der Waals surface area contributed by atoms with Crippen LogP contribution in [0.15, 0.2) is 23.4 Å². The van der Waals surface area contributed by atoms with Gasteiger partial charge >= 0.3 is 0 Å². The van der Waals surface area contributed by atoms with Crippen LogP contribution in [0.25, 0.3) is 0 Å². The van der Waals surface area contributed by atoms with E-state index in [0.29, 0.717) is 0 Å². The molecule has 12 heavy (non-hydrogen) atoms. The Morgan fingerprint density at radius 2 is 2.25 bits per heavy atom. The lowest BCUT2D eigenvalue weighted by molar-refractivity contribution is 0.594. The summed E-state index contributed by atoms with van der Waals surface area (Å²) in [6.07, 6.45) is 3.19. The van der Waals surface area contributed by atoms with Gasteiger partial charge in [-0.2, -0.15) is 0 Å². The molecule has 0 amide bonds.